The molecule has 1 amide bonds. The Labute approximate surface area is 162 Å². The van der Waals surface area contributed by atoms with Crippen molar-refractivity contribution in [3.63, 3.8) is 0 Å². The first-order chi connectivity index (χ1) is 12.9. The average molecular weight is 371 g/mol. The van der Waals surface area contributed by atoms with Crippen molar-refractivity contribution in [3.05, 3.63) is 54.5 Å². The minimum atomic E-state index is -0.00156. The average Bonchev–Trinajstić information content (AvgIpc) is 3.16. The van der Waals surface area contributed by atoms with Crippen molar-refractivity contribution in [2.24, 2.45) is 5.41 Å². The summed E-state index contributed by atoms with van der Waals surface area (Å²) in [5.74, 6) is 1.07. The fraction of sp³-hybridized carbons (Fsp3) is 0.500. The fourth-order valence-electron chi connectivity index (χ4n) is 3.74. The molecule has 1 saturated heterocycles. The number of hydrogen-bond donors (Lipinski definition) is 2. The van der Waals surface area contributed by atoms with E-state index in [9.17, 15) is 4.79 Å². The molecule has 2 N–H and O–H groups in total. The van der Waals surface area contributed by atoms with Crippen LogP contribution >= 0.6 is 0 Å². The lowest BCUT2D eigenvalue weighted by Crippen LogP contribution is -3.15. The van der Waals surface area contributed by atoms with Gasteiger partial charge in [0, 0.05) is 12.1 Å². The molecule has 146 valence electrons. The van der Waals surface area contributed by atoms with Crippen molar-refractivity contribution in [3.8, 4) is 0 Å². The molecule has 1 atom stereocenters. The molecule has 0 bridgehead atoms. The van der Waals surface area contributed by atoms with Gasteiger partial charge in [-0.15, -0.1) is 0 Å². The van der Waals surface area contributed by atoms with E-state index >= 15 is 0 Å². The van der Waals surface area contributed by atoms with Crippen LogP contribution in [0.15, 0.2) is 53.1 Å². The van der Waals surface area contributed by atoms with Crippen molar-refractivity contribution >= 4 is 11.6 Å². The summed E-state index contributed by atoms with van der Waals surface area (Å²) in [6, 6.07) is 14.7. The molecule has 2 aromatic rings. The Morgan fingerprint density at radius 3 is 2.44 bits per heavy atom. The molecule has 1 aromatic heterocycles. The second-order valence-electron chi connectivity index (χ2n) is 8.59. The van der Waals surface area contributed by atoms with E-state index in [1.165, 1.54) is 10.6 Å². The van der Waals surface area contributed by atoms with Gasteiger partial charge in [-0.2, -0.15) is 0 Å². The summed E-state index contributed by atoms with van der Waals surface area (Å²) in [6.45, 7) is 10.9. The summed E-state index contributed by atoms with van der Waals surface area (Å²) in [7, 11) is 0. The Balaban J connectivity index is 1.60. The smallest absolute Gasteiger partial charge is 0.220 e. The predicted molar refractivity (Wildman–Crippen MR) is 108 cm³/mol. The molecule has 1 aromatic carbocycles. The first-order valence-corrected chi connectivity index (χ1v) is 9.87. The number of amides is 1. The molecule has 2 heterocycles. The number of carbonyl (C=O) groups excluding carboxylic acids is 1. The molecule has 0 radical (unpaired) electrons. The van der Waals surface area contributed by atoms with E-state index in [-0.39, 0.29) is 17.4 Å². The molecule has 0 spiro atoms. The standard InChI is InChI=1S/C22H31N3O2/c1-22(2,3)16-21(26)23-17-19(20-10-7-15-27-20)25-13-11-24(12-14-25)18-8-5-4-6-9-18/h4-10,15,19H,11-14,16-17H2,1-3H3,(H,23,26)/p+1/t19-/m1/s1. The first kappa shape index (κ1) is 19.5. The van der Waals surface area contributed by atoms with Crippen LogP contribution in [0.5, 0.6) is 0 Å². The van der Waals surface area contributed by atoms with Gasteiger partial charge in [-0.25, -0.2) is 0 Å². The lowest BCUT2D eigenvalue weighted by molar-refractivity contribution is -0.932. The van der Waals surface area contributed by atoms with Crippen molar-refractivity contribution in [1.82, 2.24) is 5.32 Å². The van der Waals surface area contributed by atoms with Crippen LogP contribution in [0.25, 0.3) is 0 Å². The lowest BCUT2D eigenvalue weighted by atomic mass is 9.92. The topological polar surface area (TPSA) is 49.9 Å². The van der Waals surface area contributed by atoms with Gasteiger partial charge in [0.1, 0.15) is 0 Å². The quantitative estimate of drug-likeness (QED) is 0.820. The van der Waals surface area contributed by atoms with Gasteiger partial charge in [-0.3, -0.25) is 4.79 Å². The van der Waals surface area contributed by atoms with Crippen LogP contribution in [0.2, 0.25) is 0 Å². The van der Waals surface area contributed by atoms with Gasteiger partial charge in [0.05, 0.1) is 39.0 Å². The van der Waals surface area contributed by atoms with E-state index in [0.29, 0.717) is 13.0 Å². The highest BCUT2D eigenvalue weighted by Crippen LogP contribution is 2.18. The maximum atomic E-state index is 12.3. The lowest BCUT2D eigenvalue weighted by Gasteiger charge is -2.37. The summed E-state index contributed by atoms with van der Waals surface area (Å²) in [5, 5.41) is 3.13. The van der Waals surface area contributed by atoms with E-state index in [1.807, 2.05) is 12.1 Å². The van der Waals surface area contributed by atoms with E-state index in [0.717, 1.165) is 31.9 Å². The van der Waals surface area contributed by atoms with Crippen LogP contribution < -0.4 is 15.1 Å². The molecule has 0 unspecified atom stereocenters. The summed E-state index contributed by atoms with van der Waals surface area (Å²) in [6.07, 6.45) is 2.26. The van der Waals surface area contributed by atoms with E-state index in [1.54, 1.807) is 6.26 Å². The molecule has 0 saturated carbocycles. The molecule has 1 aliphatic rings. The zero-order valence-corrected chi connectivity index (χ0v) is 16.7. The molecule has 1 fully saturated rings. The van der Waals surface area contributed by atoms with Crippen LogP contribution in [-0.4, -0.2) is 38.6 Å². The van der Waals surface area contributed by atoms with E-state index in [2.05, 4.69) is 61.3 Å². The minimum absolute atomic E-state index is 0.00156. The molecule has 5 nitrogen and oxygen atoms in total. The Morgan fingerprint density at radius 1 is 1.15 bits per heavy atom. The van der Waals surface area contributed by atoms with Crippen LogP contribution in [-0.2, 0) is 4.79 Å². The number of nitrogens with one attached hydrogen (secondary N) is 2. The summed E-state index contributed by atoms with van der Waals surface area (Å²) >= 11 is 0. The molecule has 1 aliphatic heterocycles. The number of anilines is 1. The van der Waals surface area contributed by atoms with Gasteiger partial charge in [0.15, 0.2) is 11.8 Å². The van der Waals surface area contributed by atoms with Crippen molar-refractivity contribution in [2.75, 3.05) is 37.6 Å². The van der Waals surface area contributed by atoms with Gasteiger partial charge in [-0.1, -0.05) is 39.0 Å². The Morgan fingerprint density at radius 2 is 1.85 bits per heavy atom. The zero-order chi connectivity index (χ0) is 19.3. The number of hydrogen-bond acceptors (Lipinski definition) is 3. The largest absolute Gasteiger partial charge is 0.463 e. The third-order valence-corrected chi connectivity index (χ3v) is 5.10. The maximum Gasteiger partial charge on any atom is 0.220 e. The highest BCUT2D eigenvalue weighted by molar-refractivity contribution is 5.76. The minimum Gasteiger partial charge on any atom is -0.463 e. The number of nitrogens with zero attached hydrogens (tertiary/aromatic N) is 1. The Bertz CT molecular complexity index is 699. The summed E-state index contributed by atoms with van der Waals surface area (Å²) < 4.78 is 5.71. The molecule has 27 heavy (non-hydrogen) atoms. The SMILES string of the molecule is CC(C)(C)CC(=O)NC[C@H](c1ccco1)[NH+]1CCN(c2ccccc2)CC1. The number of piperazine rings is 1. The third-order valence-electron chi connectivity index (χ3n) is 5.10. The van der Waals surface area contributed by atoms with Gasteiger partial charge in [0.2, 0.25) is 5.91 Å². The van der Waals surface area contributed by atoms with Crippen molar-refractivity contribution in [1.29, 1.82) is 0 Å². The maximum absolute atomic E-state index is 12.3. The molecule has 5 heteroatoms. The normalized spacial score (nSPS) is 16.9. The van der Waals surface area contributed by atoms with Crippen LogP contribution in [0.1, 0.15) is 39.0 Å². The Hall–Kier alpha value is -2.27. The second kappa shape index (κ2) is 8.61. The van der Waals surface area contributed by atoms with Gasteiger partial charge in [0.25, 0.3) is 0 Å². The van der Waals surface area contributed by atoms with E-state index in [4.69, 9.17) is 4.42 Å². The number of quaternary nitrogens is 1. The van der Waals surface area contributed by atoms with Crippen LogP contribution in [0, 0.1) is 5.41 Å². The molecule has 3 rings (SSSR count). The Kier molecular flexibility index (Phi) is 6.22. The second-order valence-corrected chi connectivity index (χ2v) is 8.59. The number of para-hydroxylation sites is 1. The van der Waals surface area contributed by atoms with Crippen LogP contribution in [0.3, 0.4) is 0 Å². The number of benzene rings is 1. The molecular formula is C22H32N3O2+. The van der Waals surface area contributed by atoms with Crippen molar-refractivity contribution < 1.29 is 14.1 Å². The van der Waals surface area contributed by atoms with Gasteiger partial charge < -0.3 is 19.5 Å². The first-order valence-electron chi connectivity index (χ1n) is 9.87. The monoisotopic (exact) mass is 370 g/mol. The summed E-state index contributed by atoms with van der Waals surface area (Å²) in [5.41, 5.74) is 1.28. The van der Waals surface area contributed by atoms with Gasteiger partial charge in [-0.05, 0) is 29.7 Å². The number of rotatable bonds is 6. The summed E-state index contributed by atoms with van der Waals surface area (Å²) in [4.78, 5) is 16.2. The van der Waals surface area contributed by atoms with Gasteiger partial charge >= 0.3 is 0 Å². The number of furan rings is 1. The molecular weight excluding hydrogens is 338 g/mol. The van der Waals surface area contributed by atoms with E-state index < -0.39 is 0 Å². The predicted octanol–water partition coefficient (Wildman–Crippen LogP) is 2.28. The third kappa shape index (κ3) is 5.60. The zero-order valence-electron chi connectivity index (χ0n) is 16.7. The highest BCUT2D eigenvalue weighted by atomic mass is 16.3. The van der Waals surface area contributed by atoms with Crippen LogP contribution in [0.4, 0.5) is 5.69 Å². The molecule has 0 aliphatic carbocycles. The fourth-order valence-corrected chi connectivity index (χ4v) is 3.74. The highest BCUT2D eigenvalue weighted by Gasteiger charge is 2.31. The number of carbonyl (C=O) groups is 1. The van der Waals surface area contributed by atoms with Crippen molar-refractivity contribution in [2.45, 2.75) is 33.2 Å².